The molecule has 0 N–H and O–H groups in total. The van der Waals surface area contributed by atoms with Crippen molar-refractivity contribution in [3.63, 3.8) is 0 Å². The molecule has 150 valence electrons. The second-order valence-electron chi connectivity index (χ2n) is 7.22. The van der Waals surface area contributed by atoms with E-state index >= 15 is 0 Å². The number of thioether (sulfide) groups is 1. The zero-order chi connectivity index (χ0) is 20.7. The number of ketones is 1. The van der Waals surface area contributed by atoms with E-state index in [0.29, 0.717) is 17.5 Å². The van der Waals surface area contributed by atoms with E-state index in [9.17, 15) is 4.79 Å². The Morgan fingerprint density at radius 1 is 1.17 bits per heavy atom. The van der Waals surface area contributed by atoms with E-state index in [4.69, 9.17) is 4.42 Å². The highest BCUT2D eigenvalue weighted by Crippen LogP contribution is 2.26. The van der Waals surface area contributed by atoms with Crippen molar-refractivity contribution < 1.29 is 9.21 Å². The average molecular weight is 410 g/mol. The Morgan fingerprint density at radius 3 is 2.69 bits per heavy atom. The normalized spacial score (nSPS) is 12.6. The third kappa shape index (κ3) is 3.72. The Balaban J connectivity index is 1.56. The molecule has 29 heavy (non-hydrogen) atoms. The zero-order valence-electron chi connectivity index (χ0n) is 17.1. The van der Waals surface area contributed by atoms with Crippen LogP contribution in [-0.4, -0.2) is 35.2 Å². The summed E-state index contributed by atoms with van der Waals surface area (Å²) in [4.78, 5) is 22.0. The summed E-state index contributed by atoms with van der Waals surface area (Å²) in [6.45, 7) is 10.4. The molecule has 0 aliphatic carbocycles. The lowest BCUT2D eigenvalue weighted by molar-refractivity contribution is 0.0993. The van der Waals surface area contributed by atoms with E-state index in [-0.39, 0.29) is 11.0 Å². The van der Waals surface area contributed by atoms with Gasteiger partial charge in [-0.25, -0.2) is 9.50 Å². The van der Waals surface area contributed by atoms with E-state index in [1.807, 2.05) is 58.9 Å². The van der Waals surface area contributed by atoms with Gasteiger partial charge in [0.2, 0.25) is 5.16 Å². The van der Waals surface area contributed by atoms with Gasteiger partial charge in [-0.2, -0.15) is 4.98 Å². The summed E-state index contributed by atoms with van der Waals surface area (Å²) in [5, 5.41) is 4.74. The summed E-state index contributed by atoms with van der Waals surface area (Å²) in [5.41, 5.74) is 4.55. The van der Waals surface area contributed by atoms with Crippen LogP contribution in [0.5, 0.6) is 0 Å². The molecule has 0 unspecified atom stereocenters. The monoisotopic (exact) mass is 409 g/mol. The summed E-state index contributed by atoms with van der Waals surface area (Å²) in [7, 11) is 0. The first-order valence-electron chi connectivity index (χ1n) is 9.44. The predicted molar refractivity (Wildman–Crippen MR) is 112 cm³/mol. The molecule has 0 spiro atoms. The Hall–Kier alpha value is -2.87. The number of aromatic nitrogens is 5. The fourth-order valence-corrected chi connectivity index (χ4v) is 4.29. The topological polar surface area (TPSA) is 78.2 Å². The molecule has 4 rings (SSSR count). The van der Waals surface area contributed by atoms with Gasteiger partial charge in [0.05, 0.1) is 18.1 Å². The van der Waals surface area contributed by atoms with Crippen LogP contribution in [0.4, 0.5) is 0 Å². The number of aryl methyl sites for hydroxylation is 3. The van der Waals surface area contributed by atoms with Crippen molar-refractivity contribution in [3.8, 4) is 0 Å². The SMILES string of the molecule is Cc1cc(C)n2nc(S[C@@H](C)C(=O)c3cc(C)n(Cc4ccco4)c3C)nc2n1. The molecule has 0 radical (unpaired) electrons. The lowest BCUT2D eigenvalue weighted by Gasteiger charge is -2.10. The molecule has 0 fully saturated rings. The quantitative estimate of drug-likeness (QED) is 0.351. The van der Waals surface area contributed by atoms with Crippen molar-refractivity contribution in [2.75, 3.05) is 0 Å². The summed E-state index contributed by atoms with van der Waals surface area (Å²) in [6, 6.07) is 7.71. The van der Waals surface area contributed by atoms with Crippen molar-refractivity contribution >= 4 is 23.3 Å². The molecule has 8 heteroatoms. The number of carbonyl (C=O) groups excluding carboxylic acids is 1. The first-order chi connectivity index (χ1) is 13.8. The molecule has 4 heterocycles. The van der Waals surface area contributed by atoms with Crippen LogP contribution in [0.1, 0.15) is 45.8 Å². The maximum atomic E-state index is 13.1. The number of rotatable bonds is 6. The molecule has 0 aromatic carbocycles. The Bertz CT molecular complexity index is 1190. The number of carbonyl (C=O) groups is 1. The molecular formula is C21H23N5O2S. The van der Waals surface area contributed by atoms with Crippen molar-refractivity contribution in [1.29, 1.82) is 0 Å². The van der Waals surface area contributed by atoms with Gasteiger partial charge in [-0.15, -0.1) is 5.10 Å². The largest absolute Gasteiger partial charge is 0.467 e. The number of hydrogen-bond donors (Lipinski definition) is 0. The third-order valence-corrected chi connectivity index (χ3v) is 5.93. The van der Waals surface area contributed by atoms with E-state index < -0.39 is 0 Å². The fraction of sp³-hybridized carbons (Fsp3) is 0.333. The van der Waals surface area contributed by atoms with Gasteiger partial charge in [0.25, 0.3) is 5.78 Å². The van der Waals surface area contributed by atoms with Crippen molar-refractivity contribution in [2.45, 2.75) is 51.6 Å². The van der Waals surface area contributed by atoms with Crippen molar-refractivity contribution in [3.05, 3.63) is 64.6 Å². The maximum absolute atomic E-state index is 13.1. The minimum Gasteiger partial charge on any atom is -0.467 e. The third-order valence-electron chi connectivity index (χ3n) is 4.98. The highest BCUT2D eigenvalue weighted by molar-refractivity contribution is 8.00. The molecule has 0 amide bonds. The van der Waals surface area contributed by atoms with E-state index in [1.54, 1.807) is 10.8 Å². The van der Waals surface area contributed by atoms with Gasteiger partial charge in [-0.1, -0.05) is 11.8 Å². The lowest BCUT2D eigenvalue weighted by atomic mass is 10.1. The summed E-state index contributed by atoms with van der Waals surface area (Å²) in [6.07, 6.45) is 1.66. The number of furan rings is 1. The molecule has 4 aromatic heterocycles. The van der Waals surface area contributed by atoms with Crippen LogP contribution >= 0.6 is 11.8 Å². The molecule has 0 aliphatic rings. The Kier molecular flexibility index (Phi) is 5.04. The van der Waals surface area contributed by atoms with E-state index in [0.717, 1.165) is 34.1 Å². The van der Waals surface area contributed by atoms with E-state index in [2.05, 4.69) is 19.6 Å². The molecule has 0 aliphatic heterocycles. The van der Waals surface area contributed by atoms with Crippen LogP contribution in [0.2, 0.25) is 0 Å². The van der Waals surface area contributed by atoms with Gasteiger partial charge < -0.3 is 8.98 Å². The van der Waals surface area contributed by atoms with Gasteiger partial charge in [-0.3, -0.25) is 4.79 Å². The highest BCUT2D eigenvalue weighted by atomic mass is 32.2. The number of fused-ring (bicyclic) bond motifs is 1. The molecule has 0 saturated carbocycles. The van der Waals surface area contributed by atoms with Crippen molar-refractivity contribution in [2.24, 2.45) is 0 Å². The zero-order valence-corrected chi connectivity index (χ0v) is 17.9. The Morgan fingerprint density at radius 2 is 1.97 bits per heavy atom. The van der Waals surface area contributed by atoms with Crippen LogP contribution in [0.15, 0.2) is 40.1 Å². The minimum atomic E-state index is -0.314. The fourth-order valence-electron chi connectivity index (χ4n) is 3.48. The molecule has 1 atom stereocenters. The smallest absolute Gasteiger partial charge is 0.253 e. The lowest BCUT2D eigenvalue weighted by Crippen LogP contribution is -2.15. The minimum absolute atomic E-state index is 0.0634. The summed E-state index contributed by atoms with van der Waals surface area (Å²) in [5.74, 6) is 1.48. The molecule has 0 bridgehead atoms. The first-order valence-corrected chi connectivity index (χ1v) is 10.3. The van der Waals surface area contributed by atoms with Gasteiger partial charge in [0.1, 0.15) is 5.76 Å². The highest BCUT2D eigenvalue weighted by Gasteiger charge is 2.24. The van der Waals surface area contributed by atoms with Crippen molar-refractivity contribution in [1.82, 2.24) is 24.1 Å². The summed E-state index contributed by atoms with van der Waals surface area (Å²) < 4.78 is 9.27. The van der Waals surface area contributed by atoms with Gasteiger partial charge in [0.15, 0.2) is 5.78 Å². The predicted octanol–water partition coefficient (Wildman–Crippen LogP) is 4.16. The molecular weight excluding hydrogens is 386 g/mol. The number of Topliss-reactive ketones (excluding diaryl/α,β-unsaturated/α-hetero) is 1. The first kappa shape index (κ1) is 19.4. The second kappa shape index (κ2) is 7.51. The maximum Gasteiger partial charge on any atom is 0.253 e. The van der Waals surface area contributed by atoms with Crippen LogP contribution < -0.4 is 0 Å². The standard InChI is InChI=1S/C21H23N5O2S/c1-12-9-14(3)26-20(22-12)23-21(24-26)29-16(5)19(27)18-10-13(2)25(15(18)4)11-17-7-6-8-28-17/h6-10,16H,11H2,1-5H3/t16-/m0/s1. The van der Waals surface area contributed by atoms with E-state index in [1.165, 1.54) is 11.8 Å². The van der Waals surface area contributed by atoms with Gasteiger partial charge in [0, 0.05) is 28.3 Å². The van der Waals surface area contributed by atoms with Gasteiger partial charge in [-0.05, 0) is 58.9 Å². The second-order valence-corrected chi connectivity index (χ2v) is 8.53. The Labute approximate surface area is 173 Å². The summed E-state index contributed by atoms with van der Waals surface area (Å²) >= 11 is 1.36. The average Bonchev–Trinajstić information content (AvgIpc) is 3.37. The van der Waals surface area contributed by atoms with Crippen LogP contribution in [0.25, 0.3) is 5.78 Å². The number of hydrogen-bond acceptors (Lipinski definition) is 6. The van der Waals surface area contributed by atoms with Crippen LogP contribution in [0, 0.1) is 27.7 Å². The van der Waals surface area contributed by atoms with Gasteiger partial charge >= 0.3 is 0 Å². The van der Waals surface area contributed by atoms with Crippen LogP contribution in [0.3, 0.4) is 0 Å². The molecule has 0 saturated heterocycles. The van der Waals surface area contributed by atoms with Crippen LogP contribution in [-0.2, 0) is 6.54 Å². The molecule has 7 nitrogen and oxygen atoms in total. The molecule has 4 aromatic rings. The number of nitrogens with zero attached hydrogens (tertiary/aromatic N) is 5.